The van der Waals surface area contributed by atoms with Gasteiger partial charge in [-0.1, -0.05) is 0 Å². The maximum Gasteiger partial charge on any atom is 0.273 e. The number of ether oxygens (including phenoxy) is 3. The fraction of sp³-hybridized carbons (Fsp3) is 0.571. The molecule has 0 amide bonds. The molecule has 2 saturated heterocycles. The molecule has 0 N–H and O–H groups in total. The molecule has 1 spiro atoms. The van der Waals surface area contributed by atoms with Crippen LogP contribution in [0.5, 0.6) is 11.5 Å². The largest absolute Gasteiger partial charge is 0.493 e. The van der Waals surface area contributed by atoms with Crippen LogP contribution < -0.4 is 9.47 Å². The average molecular weight is 294 g/mol. The SMILES string of the molecule is COc1cc([N+](=O)[O-])ccc1OCCN1CC2(COC2)C1. The summed E-state index contributed by atoms with van der Waals surface area (Å²) < 4.78 is 16.0. The molecule has 0 unspecified atom stereocenters. The lowest BCUT2D eigenvalue weighted by molar-refractivity contribution is -0.384. The van der Waals surface area contributed by atoms with Gasteiger partial charge >= 0.3 is 0 Å². The van der Waals surface area contributed by atoms with Gasteiger partial charge in [0.05, 0.1) is 31.3 Å². The highest BCUT2D eigenvalue weighted by atomic mass is 16.6. The van der Waals surface area contributed by atoms with Gasteiger partial charge in [-0.25, -0.2) is 0 Å². The molecule has 2 aliphatic heterocycles. The quantitative estimate of drug-likeness (QED) is 0.582. The van der Waals surface area contributed by atoms with Crippen molar-refractivity contribution in [1.82, 2.24) is 4.90 Å². The number of hydrogen-bond acceptors (Lipinski definition) is 6. The normalized spacial score (nSPS) is 19.7. The van der Waals surface area contributed by atoms with E-state index in [0.29, 0.717) is 23.5 Å². The lowest BCUT2D eigenvalue weighted by atomic mass is 9.78. The van der Waals surface area contributed by atoms with Crippen LogP contribution in [0.1, 0.15) is 0 Å². The van der Waals surface area contributed by atoms with Crippen LogP contribution in [0.2, 0.25) is 0 Å². The molecule has 0 radical (unpaired) electrons. The molecule has 2 fully saturated rings. The molecule has 0 aromatic heterocycles. The summed E-state index contributed by atoms with van der Waals surface area (Å²) in [7, 11) is 1.47. The van der Waals surface area contributed by atoms with E-state index in [1.807, 2.05) is 0 Å². The number of nitrogens with zero attached hydrogens (tertiary/aromatic N) is 2. The predicted octanol–water partition coefficient (Wildman–Crippen LogP) is 1.31. The second kappa shape index (κ2) is 5.50. The van der Waals surface area contributed by atoms with Gasteiger partial charge in [-0.05, 0) is 6.07 Å². The second-order valence-electron chi connectivity index (χ2n) is 5.64. The smallest absolute Gasteiger partial charge is 0.273 e. The molecule has 0 bridgehead atoms. The van der Waals surface area contributed by atoms with Gasteiger partial charge in [0.15, 0.2) is 11.5 Å². The first-order valence-corrected chi connectivity index (χ1v) is 6.87. The van der Waals surface area contributed by atoms with Crippen molar-refractivity contribution in [3.05, 3.63) is 28.3 Å². The summed E-state index contributed by atoms with van der Waals surface area (Å²) in [4.78, 5) is 12.6. The Morgan fingerprint density at radius 1 is 1.38 bits per heavy atom. The summed E-state index contributed by atoms with van der Waals surface area (Å²) in [5.74, 6) is 0.919. The number of methoxy groups -OCH3 is 1. The Labute approximate surface area is 122 Å². The zero-order valence-electron chi connectivity index (χ0n) is 11.9. The van der Waals surface area contributed by atoms with Crippen molar-refractivity contribution in [1.29, 1.82) is 0 Å². The zero-order chi connectivity index (χ0) is 14.9. The Morgan fingerprint density at radius 2 is 2.14 bits per heavy atom. The molecule has 3 rings (SSSR count). The summed E-state index contributed by atoms with van der Waals surface area (Å²) in [6.07, 6.45) is 0. The van der Waals surface area contributed by atoms with Crippen LogP contribution in [0.4, 0.5) is 5.69 Å². The van der Waals surface area contributed by atoms with Crippen molar-refractivity contribution in [3.63, 3.8) is 0 Å². The maximum absolute atomic E-state index is 10.7. The standard InChI is InChI=1S/C14H18N2O5/c1-19-13-6-11(16(17)18)2-3-12(13)21-5-4-15-7-14(8-15)9-20-10-14/h2-3,6H,4-5,7-10H2,1H3. The highest BCUT2D eigenvalue weighted by Gasteiger charge is 2.48. The van der Waals surface area contributed by atoms with Crippen molar-refractivity contribution in [2.24, 2.45) is 5.41 Å². The lowest BCUT2D eigenvalue weighted by Gasteiger charge is -2.55. The molecule has 1 aromatic rings. The van der Waals surface area contributed by atoms with Crippen molar-refractivity contribution >= 4 is 5.69 Å². The topological polar surface area (TPSA) is 74.1 Å². The molecule has 2 aliphatic rings. The van der Waals surface area contributed by atoms with Gasteiger partial charge in [-0.15, -0.1) is 0 Å². The van der Waals surface area contributed by atoms with Crippen molar-refractivity contribution in [3.8, 4) is 11.5 Å². The number of non-ortho nitro benzene ring substituents is 1. The first-order valence-electron chi connectivity index (χ1n) is 6.87. The van der Waals surface area contributed by atoms with E-state index in [4.69, 9.17) is 14.2 Å². The Balaban J connectivity index is 1.49. The van der Waals surface area contributed by atoms with Gasteiger partial charge < -0.3 is 14.2 Å². The van der Waals surface area contributed by atoms with Gasteiger partial charge in [0, 0.05) is 31.1 Å². The molecule has 2 heterocycles. The molecule has 21 heavy (non-hydrogen) atoms. The number of hydrogen-bond donors (Lipinski definition) is 0. The molecular formula is C14H18N2O5. The molecule has 7 nitrogen and oxygen atoms in total. The number of benzene rings is 1. The van der Waals surface area contributed by atoms with E-state index in [9.17, 15) is 10.1 Å². The van der Waals surface area contributed by atoms with Gasteiger partial charge in [-0.3, -0.25) is 15.0 Å². The summed E-state index contributed by atoms with van der Waals surface area (Å²) in [5.41, 5.74) is 0.402. The van der Waals surface area contributed by atoms with Crippen LogP contribution >= 0.6 is 0 Å². The minimum Gasteiger partial charge on any atom is -0.493 e. The molecule has 7 heteroatoms. The first kappa shape index (κ1) is 14.1. The van der Waals surface area contributed by atoms with Crippen molar-refractivity contribution in [2.75, 3.05) is 46.6 Å². The summed E-state index contributed by atoms with van der Waals surface area (Å²) in [6.45, 7) is 5.25. The Bertz CT molecular complexity index is 536. The molecule has 0 saturated carbocycles. The predicted molar refractivity (Wildman–Crippen MR) is 74.8 cm³/mol. The van der Waals surface area contributed by atoms with Gasteiger partial charge in [0.1, 0.15) is 6.61 Å². The maximum atomic E-state index is 10.7. The van der Waals surface area contributed by atoms with Crippen LogP contribution in [0.15, 0.2) is 18.2 Å². The monoisotopic (exact) mass is 294 g/mol. The van der Waals surface area contributed by atoms with E-state index in [0.717, 1.165) is 32.8 Å². The van der Waals surface area contributed by atoms with Crippen LogP contribution in [-0.4, -0.2) is 56.4 Å². The van der Waals surface area contributed by atoms with Gasteiger partial charge in [-0.2, -0.15) is 0 Å². The molecule has 0 aliphatic carbocycles. The third-order valence-corrected chi connectivity index (χ3v) is 3.96. The minimum atomic E-state index is -0.452. The van der Waals surface area contributed by atoms with Crippen LogP contribution in [-0.2, 0) is 4.74 Å². The third kappa shape index (κ3) is 2.79. The Morgan fingerprint density at radius 3 is 2.71 bits per heavy atom. The first-order chi connectivity index (χ1) is 10.1. The van der Waals surface area contributed by atoms with Crippen molar-refractivity contribution < 1.29 is 19.1 Å². The van der Waals surface area contributed by atoms with E-state index >= 15 is 0 Å². The van der Waals surface area contributed by atoms with Gasteiger partial charge in [0.2, 0.25) is 0 Å². The summed E-state index contributed by atoms with van der Waals surface area (Å²) in [5, 5.41) is 10.7. The van der Waals surface area contributed by atoms with Gasteiger partial charge in [0.25, 0.3) is 5.69 Å². The van der Waals surface area contributed by atoms with Crippen LogP contribution in [0.3, 0.4) is 0 Å². The molecule has 1 aromatic carbocycles. The molecule has 0 atom stereocenters. The number of nitro benzene ring substituents is 1. The summed E-state index contributed by atoms with van der Waals surface area (Å²) in [6, 6.07) is 4.37. The van der Waals surface area contributed by atoms with E-state index in [1.54, 1.807) is 6.07 Å². The fourth-order valence-electron chi connectivity index (χ4n) is 2.81. The number of nitro groups is 1. The minimum absolute atomic E-state index is 0.00568. The highest BCUT2D eigenvalue weighted by Crippen LogP contribution is 2.37. The lowest BCUT2D eigenvalue weighted by Crippen LogP contribution is -2.66. The number of rotatable bonds is 6. The fourth-order valence-corrected chi connectivity index (χ4v) is 2.81. The van der Waals surface area contributed by atoms with E-state index in [-0.39, 0.29) is 5.69 Å². The Hall–Kier alpha value is -1.86. The average Bonchev–Trinajstić information content (AvgIpc) is 2.39. The van der Waals surface area contributed by atoms with E-state index < -0.39 is 4.92 Å². The second-order valence-corrected chi connectivity index (χ2v) is 5.64. The van der Waals surface area contributed by atoms with E-state index in [1.165, 1.54) is 19.2 Å². The Kier molecular flexibility index (Phi) is 3.69. The molecule has 114 valence electrons. The number of likely N-dealkylation sites (tertiary alicyclic amines) is 1. The van der Waals surface area contributed by atoms with Crippen LogP contribution in [0.25, 0.3) is 0 Å². The highest BCUT2D eigenvalue weighted by molar-refractivity contribution is 5.48. The summed E-state index contributed by atoms with van der Waals surface area (Å²) >= 11 is 0. The van der Waals surface area contributed by atoms with Crippen LogP contribution in [0, 0.1) is 15.5 Å². The molecular weight excluding hydrogens is 276 g/mol. The zero-order valence-corrected chi connectivity index (χ0v) is 11.9. The van der Waals surface area contributed by atoms with E-state index in [2.05, 4.69) is 4.90 Å². The van der Waals surface area contributed by atoms with Crippen molar-refractivity contribution in [2.45, 2.75) is 0 Å². The third-order valence-electron chi connectivity index (χ3n) is 3.96.